The highest BCUT2D eigenvalue weighted by molar-refractivity contribution is 6.37. The standard InChI is InChI=1S/C12H12Cl2N2O2/c1-4-5-18-12-10(13)6-9(7-11(12)14)16(2)8-15-17-3/h1,6-8H,5H2,2-3H3/b15-8+. The molecule has 0 heterocycles. The minimum absolute atomic E-state index is 0.111. The van der Waals surface area contributed by atoms with Crippen molar-refractivity contribution in [3.63, 3.8) is 0 Å². The van der Waals surface area contributed by atoms with E-state index in [0.717, 1.165) is 5.69 Å². The molecular weight excluding hydrogens is 275 g/mol. The predicted octanol–water partition coefficient (Wildman–Crippen LogP) is 3.03. The fourth-order valence-electron chi connectivity index (χ4n) is 1.19. The lowest BCUT2D eigenvalue weighted by Crippen LogP contribution is -2.14. The van der Waals surface area contributed by atoms with Gasteiger partial charge in [-0.3, -0.25) is 0 Å². The summed E-state index contributed by atoms with van der Waals surface area (Å²) in [4.78, 5) is 6.29. The molecule has 0 aromatic heterocycles. The molecule has 6 heteroatoms. The van der Waals surface area contributed by atoms with Crippen LogP contribution in [0.4, 0.5) is 5.69 Å². The van der Waals surface area contributed by atoms with Crippen molar-refractivity contribution in [1.82, 2.24) is 0 Å². The molecule has 0 fully saturated rings. The van der Waals surface area contributed by atoms with E-state index in [-0.39, 0.29) is 6.61 Å². The van der Waals surface area contributed by atoms with Crippen LogP contribution in [0.15, 0.2) is 17.3 Å². The number of oxime groups is 1. The Kier molecular flexibility index (Phi) is 5.63. The topological polar surface area (TPSA) is 34.1 Å². The Morgan fingerprint density at radius 1 is 1.44 bits per heavy atom. The summed E-state index contributed by atoms with van der Waals surface area (Å²) in [7, 11) is 3.24. The fourth-order valence-corrected chi connectivity index (χ4v) is 1.77. The number of hydrogen-bond donors (Lipinski definition) is 0. The van der Waals surface area contributed by atoms with Gasteiger partial charge in [-0.05, 0) is 12.1 Å². The molecule has 0 aliphatic carbocycles. The van der Waals surface area contributed by atoms with Crippen molar-refractivity contribution < 1.29 is 9.57 Å². The summed E-state index contributed by atoms with van der Waals surface area (Å²) in [5, 5.41) is 4.40. The van der Waals surface area contributed by atoms with E-state index in [1.807, 2.05) is 0 Å². The van der Waals surface area contributed by atoms with Crippen molar-refractivity contribution in [1.29, 1.82) is 0 Å². The quantitative estimate of drug-likeness (QED) is 0.361. The Balaban J connectivity index is 2.99. The summed E-state index contributed by atoms with van der Waals surface area (Å²) in [5.41, 5.74) is 0.749. The van der Waals surface area contributed by atoms with Crippen molar-refractivity contribution in [2.45, 2.75) is 0 Å². The van der Waals surface area contributed by atoms with Gasteiger partial charge >= 0.3 is 0 Å². The highest BCUT2D eigenvalue weighted by Crippen LogP contribution is 2.36. The first-order valence-electron chi connectivity index (χ1n) is 4.95. The molecule has 0 saturated heterocycles. The molecule has 0 aliphatic rings. The second kappa shape index (κ2) is 7.00. The van der Waals surface area contributed by atoms with Crippen LogP contribution in [-0.4, -0.2) is 27.1 Å². The average Bonchev–Trinajstić information content (AvgIpc) is 2.34. The molecule has 0 saturated carbocycles. The Morgan fingerprint density at radius 2 is 2.06 bits per heavy atom. The van der Waals surface area contributed by atoms with Gasteiger partial charge in [0.25, 0.3) is 0 Å². The number of anilines is 1. The zero-order chi connectivity index (χ0) is 13.5. The largest absolute Gasteiger partial charge is 0.478 e. The van der Waals surface area contributed by atoms with Crippen molar-refractivity contribution in [3.05, 3.63) is 22.2 Å². The van der Waals surface area contributed by atoms with Gasteiger partial charge in [-0.2, -0.15) is 0 Å². The Labute approximate surface area is 116 Å². The van der Waals surface area contributed by atoms with E-state index in [0.29, 0.717) is 15.8 Å². The molecule has 1 rings (SSSR count). The van der Waals surface area contributed by atoms with Crippen LogP contribution in [-0.2, 0) is 4.84 Å². The second-order valence-corrected chi connectivity index (χ2v) is 4.06. The van der Waals surface area contributed by atoms with Gasteiger partial charge in [0.05, 0.1) is 10.0 Å². The van der Waals surface area contributed by atoms with Gasteiger partial charge < -0.3 is 14.5 Å². The number of ether oxygens (including phenoxy) is 1. The molecule has 0 bridgehead atoms. The number of nitrogens with zero attached hydrogens (tertiary/aromatic N) is 2. The minimum atomic E-state index is 0.111. The van der Waals surface area contributed by atoms with Gasteiger partial charge in [-0.25, -0.2) is 0 Å². The number of rotatable bonds is 5. The van der Waals surface area contributed by atoms with E-state index in [9.17, 15) is 0 Å². The maximum absolute atomic E-state index is 6.07. The summed E-state index contributed by atoms with van der Waals surface area (Å²) in [5.74, 6) is 2.72. The SMILES string of the molecule is C#CCOc1c(Cl)cc(N(C)/C=N/OC)cc1Cl. The van der Waals surface area contributed by atoms with Crippen molar-refractivity contribution in [2.24, 2.45) is 5.16 Å². The van der Waals surface area contributed by atoms with Crippen LogP contribution in [0, 0.1) is 12.3 Å². The molecule has 18 heavy (non-hydrogen) atoms. The maximum Gasteiger partial charge on any atom is 0.158 e. The molecule has 0 N–H and O–H groups in total. The fraction of sp³-hybridized carbons (Fsp3) is 0.250. The van der Waals surface area contributed by atoms with Crippen LogP contribution < -0.4 is 9.64 Å². The molecule has 0 spiro atoms. The monoisotopic (exact) mass is 286 g/mol. The smallest absolute Gasteiger partial charge is 0.158 e. The van der Waals surface area contributed by atoms with Crippen molar-refractivity contribution in [2.75, 3.05) is 25.7 Å². The van der Waals surface area contributed by atoms with Crippen LogP contribution in [0.5, 0.6) is 5.75 Å². The normalized spacial score (nSPS) is 10.2. The first kappa shape index (κ1) is 14.5. The summed E-state index contributed by atoms with van der Waals surface area (Å²) in [6.45, 7) is 0.111. The number of benzene rings is 1. The average molecular weight is 287 g/mol. The number of terminal acetylenes is 1. The Bertz CT molecular complexity index is 460. The summed E-state index contributed by atoms with van der Waals surface area (Å²) in [6.07, 6.45) is 6.60. The number of hydrogen-bond acceptors (Lipinski definition) is 3. The third kappa shape index (κ3) is 3.73. The zero-order valence-electron chi connectivity index (χ0n) is 9.98. The Morgan fingerprint density at radius 3 is 2.56 bits per heavy atom. The van der Waals surface area contributed by atoms with Crippen molar-refractivity contribution >= 4 is 35.2 Å². The molecular formula is C12H12Cl2N2O2. The predicted molar refractivity (Wildman–Crippen MR) is 74.7 cm³/mol. The lowest BCUT2D eigenvalue weighted by molar-refractivity contribution is 0.215. The highest BCUT2D eigenvalue weighted by atomic mass is 35.5. The van der Waals surface area contributed by atoms with E-state index in [2.05, 4.69) is 15.9 Å². The van der Waals surface area contributed by atoms with Gasteiger partial charge in [-0.1, -0.05) is 34.3 Å². The molecule has 0 atom stereocenters. The summed E-state index contributed by atoms with van der Waals surface area (Å²) in [6, 6.07) is 3.39. The first-order valence-corrected chi connectivity index (χ1v) is 5.70. The van der Waals surface area contributed by atoms with Crippen LogP contribution in [0.2, 0.25) is 10.0 Å². The molecule has 0 amide bonds. The molecule has 96 valence electrons. The lowest BCUT2D eigenvalue weighted by atomic mass is 10.3. The molecule has 0 aliphatic heterocycles. The molecule has 1 aromatic carbocycles. The maximum atomic E-state index is 6.07. The van der Waals surface area contributed by atoms with Gasteiger partial charge in [0, 0.05) is 12.7 Å². The van der Waals surface area contributed by atoms with Gasteiger partial charge in [0.1, 0.15) is 20.1 Å². The molecule has 0 unspecified atom stereocenters. The molecule has 4 nitrogen and oxygen atoms in total. The van der Waals surface area contributed by atoms with Gasteiger partial charge in [0.2, 0.25) is 0 Å². The lowest BCUT2D eigenvalue weighted by Gasteiger charge is -2.15. The van der Waals surface area contributed by atoms with E-state index in [1.54, 1.807) is 24.1 Å². The zero-order valence-corrected chi connectivity index (χ0v) is 11.5. The molecule has 0 radical (unpaired) electrons. The second-order valence-electron chi connectivity index (χ2n) is 3.25. The van der Waals surface area contributed by atoms with E-state index >= 15 is 0 Å². The van der Waals surface area contributed by atoms with Crippen LogP contribution in [0.1, 0.15) is 0 Å². The van der Waals surface area contributed by atoms with Crippen LogP contribution in [0.25, 0.3) is 0 Å². The third-order valence-electron chi connectivity index (χ3n) is 2.02. The van der Waals surface area contributed by atoms with E-state index in [1.165, 1.54) is 13.4 Å². The number of halogens is 2. The van der Waals surface area contributed by atoms with Crippen molar-refractivity contribution in [3.8, 4) is 18.1 Å². The first-order chi connectivity index (χ1) is 8.60. The Hall–Kier alpha value is -1.57. The van der Waals surface area contributed by atoms with Crippen LogP contribution >= 0.6 is 23.2 Å². The van der Waals surface area contributed by atoms with Gasteiger partial charge in [0.15, 0.2) is 5.75 Å². The minimum Gasteiger partial charge on any atom is -0.478 e. The molecule has 1 aromatic rings. The van der Waals surface area contributed by atoms with E-state index in [4.69, 9.17) is 34.4 Å². The van der Waals surface area contributed by atoms with E-state index < -0.39 is 0 Å². The third-order valence-corrected chi connectivity index (χ3v) is 2.58. The van der Waals surface area contributed by atoms with Gasteiger partial charge in [-0.15, -0.1) is 6.42 Å². The summed E-state index contributed by atoms with van der Waals surface area (Å²) >= 11 is 12.1. The van der Waals surface area contributed by atoms with Crippen LogP contribution in [0.3, 0.4) is 0 Å². The highest BCUT2D eigenvalue weighted by Gasteiger charge is 2.11. The summed E-state index contributed by atoms with van der Waals surface area (Å²) < 4.78 is 5.26.